The number of likely N-dealkylation sites (tertiary alicyclic amines) is 1. The van der Waals surface area contributed by atoms with Gasteiger partial charge in [-0.25, -0.2) is 22.9 Å². The number of carbonyl (C=O) groups is 1. The van der Waals surface area contributed by atoms with Crippen molar-refractivity contribution < 1.29 is 23.1 Å². The maximum atomic E-state index is 14.3. The number of hydrogen-bond acceptors (Lipinski definition) is 3. The van der Waals surface area contributed by atoms with E-state index >= 15 is 0 Å². The third kappa shape index (κ3) is 3.99. The summed E-state index contributed by atoms with van der Waals surface area (Å²) in [6, 6.07) is 8.54. The summed E-state index contributed by atoms with van der Waals surface area (Å²) in [7, 11) is 0. The van der Waals surface area contributed by atoms with Crippen molar-refractivity contribution in [1.29, 1.82) is 0 Å². The molecule has 10 heteroatoms. The molecule has 7 nitrogen and oxygen atoms in total. The summed E-state index contributed by atoms with van der Waals surface area (Å²) in [5.74, 6) is -0.245. The van der Waals surface area contributed by atoms with Gasteiger partial charge in [-0.3, -0.25) is 0 Å². The highest BCUT2D eigenvalue weighted by Crippen LogP contribution is 2.36. The van der Waals surface area contributed by atoms with Gasteiger partial charge in [-0.1, -0.05) is 0 Å². The van der Waals surface area contributed by atoms with Crippen molar-refractivity contribution in [2.24, 2.45) is 0 Å². The number of halogens is 3. The Morgan fingerprint density at radius 3 is 2.75 bits per heavy atom. The summed E-state index contributed by atoms with van der Waals surface area (Å²) in [5, 5.41) is 13.8. The van der Waals surface area contributed by atoms with Crippen molar-refractivity contribution in [2.75, 3.05) is 13.1 Å². The van der Waals surface area contributed by atoms with Crippen LogP contribution in [-0.2, 0) is 13.0 Å². The number of carboxylic acid groups (broad SMARTS) is 1. The summed E-state index contributed by atoms with van der Waals surface area (Å²) in [6.45, 7) is 1.37. The Kier molecular flexibility index (Phi) is 5.63. The number of nitrogens with zero attached hydrogens (tertiary/aromatic N) is 3. The number of alkyl halides is 1. The van der Waals surface area contributed by atoms with Gasteiger partial charge in [0, 0.05) is 42.0 Å². The van der Waals surface area contributed by atoms with E-state index in [1.54, 1.807) is 12.1 Å². The number of fused-ring (bicyclic) bond motifs is 2. The molecule has 3 N–H and O–H groups in total. The Morgan fingerprint density at radius 2 is 1.97 bits per heavy atom. The number of nitrogens with one attached hydrogen (secondary N) is 2. The quantitative estimate of drug-likeness (QED) is 0.368. The van der Waals surface area contributed by atoms with E-state index < -0.39 is 29.9 Å². The zero-order valence-corrected chi connectivity index (χ0v) is 19.5. The molecule has 0 saturated carbocycles. The fraction of sp³-hybridized carbons (Fsp3) is 0.385. The van der Waals surface area contributed by atoms with Crippen LogP contribution in [-0.4, -0.2) is 62.0 Å². The zero-order chi connectivity index (χ0) is 25.0. The fourth-order valence-electron chi connectivity index (χ4n) is 5.77. The predicted octanol–water partition coefficient (Wildman–Crippen LogP) is 4.85. The first kappa shape index (κ1) is 22.9. The summed E-state index contributed by atoms with van der Waals surface area (Å²) in [4.78, 5) is 21.0. The van der Waals surface area contributed by atoms with Crippen LogP contribution in [0.3, 0.4) is 0 Å². The fourth-order valence-corrected chi connectivity index (χ4v) is 5.77. The number of aromatic amines is 1. The van der Waals surface area contributed by atoms with E-state index in [2.05, 4.69) is 10.3 Å². The molecule has 2 fully saturated rings. The van der Waals surface area contributed by atoms with E-state index in [0.29, 0.717) is 29.1 Å². The molecule has 0 spiro atoms. The van der Waals surface area contributed by atoms with Gasteiger partial charge in [0.1, 0.15) is 17.8 Å². The summed E-state index contributed by atoms with van der Waals surface area (Å²) < 4.78 is 44.5. The van der Waals surface area contributed by atoms with Gasteiger partial charge in [0.2, 0.25) is 0 Å². The van der Waals surface area contributed by atoms with Gasteiger partial charge in [-0.2, -0.15) is 0 Å². The molecule has 1 amide bonds. The highest BCUT2D eigenvalue weighted by molar-refractivity contribution is 5.91. The van der Waals surface area contributed by atoms with E-state index in [9.17, 15) is 23.1 Å². The van der Waals surface area contributed by atoms with Gasteiger partial charge in [0.25, 0.3) is 0 Å². The van der Waals surface area contributed by atoms with Crippen molar-refractivity contribution in [1.82, 2.24) is 24.8 Å². The van der Waals surface area contributed by atoms with Crippen LogP contribution in [0.5, 0.6) is 0 Å². The standard InChI is InChI=1S/C26H26F3N5O2/c27-14-3-5-19-20(11-18-8-16(29)12-33(18)26(35)36)24(31-21(19)9-14)25-32-22-10-15(28)4-6-23(22)34(25)13-17-2-1-7-30-17/h3-6,9-10,16-18,30-31H,1-2,7-8,11-13H2,(H,35,36)/t16-,17?,18-/m0/s1. The van der Waals surface area contributed by atoms with Crippen LogP contribution >= 0.6 is 0 Å². The molecule has 3 atom stereocenters. The van der Waals surface area contributed by atoms with Crippen LogP contribution in [0.15, 0.2) is 36.4 Å². The van der Waals surface area contributed by atoms with Crippen molar-refractivity contribution in [3.05, 3.63) is 53.6 Å². The molecule has 0 bridgehead atoms. The molecule has 6 rings (SSSR count). The van der Waals surface area contributed by atoms with E-state index in [1.807, 2.05) is 4.57 Å². The molecule has 2 saturated heterocycles. The number of rotatable bonds is 5. The number of benzene rings is 2. The lowest BCUT2D eigenvalue weighted by atomic mass is 10.00. The molecular formula is C26H26F3N5O2. The second-order valence-electron chi connectivity index (χ2n) is 9.77. The monoisotopic (exact) mass is 497 g/mol. The van der Waals surface area contributed by atoms with Gasteiger partial charge in [0.15, 0.2) is 5.82 Å². The van der Waals surface area contributed by atoms with E-state index in [1.165, 1.54) is 24.3 Å². The van der Waals surface area contributed by atoms with Crippen molar-refractivity contribution >= 4 is 28.0 Å². The van der Waals surface area contributed by atoms with Crippen LogP contribution in [0.2, 0.25) is 0 Å². The van der Waals surface area contributed by atoms with Gasteiger partial charge in [0.05, 0.1) is 23.3 Å². The molecule has 36 heavy (non-hydrogen) atoms. The minimum absolute atomic E-state index is 0.0905. The lowest BCUT2D eigenvalue weighted by Gasteiger charge is -2.21. The Balaban J connectivity index is 1.52. The Morgan fingerprint density at radius 1 is 1.17 bits per heavy atom. The minimum atomic E-state index is -1.24. The number of imidazole rings is 1. The second kappa shape index (κ2) is 8.85. The Hall–Kier alpha value is -3.53. The van der Waals surface area contributed by atoms with Crippen LogP contribution in [0.25, 0.3) is 33.5 Å². The SMILES string of the molecule is O=C(O)N1C[C@@H](F)C[C@H]1Cc1c(-c2nc3cc(F)ccc3n2CC2CCCN2)[nH]c2cc(F)ccc12. The van der Waals surface area contributed by atoms with Crippen LogP contribution in [0.4, 0.5) is 18.0 Å². The molecule has 2 aromatic heterocycles. The third-order valence-electron chi connectivity index (χ3n) is 7.42. The number of H-pyrrole nitrogens is 1. The van der Waals surface area contributed by atoms with Crippen molar-refractivity contribution in [2.45, 2.75) is 50.5 Å². The van der Waals surface area contributed by atoms with Gasteiger partial charge >= 0.3 is 6.09 Å². The van der Waals surface area contributed by atoms with Crippen LogP contribution in [0, 0.1) is 11.6 Å². The summed E-state index contributed by atoms with van der Waals surface area (Å²) >= 11 is 0. The first-order valence-electron chi connectivity index (χ1n) is 12.2. The van der Waals surface area contributed by atoms with E-state index in [4.69, 9.17) is 4.98 Å². The highest BCUT2D eigenvalue weighted by Gasteiger charge is 2.37. The van der Waals surface area contributed by atoms with Gasteiger partial charge in [-0.15, -0.1) is 0 Å². The molecule has 0 radical (unpaired) electrons. The lowest BCUT2D eigenvalue weighted by Crippen LogP contribution is -2.36. The average Bonchev–Trinajstić information content (AvgIpc) is 3.61. The molecule has 1 unspecified atom stereocenters. The molecule has 2 aromatic carbocycles. The maximum Gasteiger partial charge on any atom is 0.407 e. The average molecular weight is 498 g/mol. The van der Waals surface area contributed by atoms with Gasteiger partial charge in [-0.05, 0) is 61.7 Å². The van der Waals surface area contributed by atoms with E-state index in [-0.39, 0.29) is 25.4 Å². The van der Waals surface area contributed by atoms with Crippen molar-refractivity contribution in [3.63, 3.8) is 0 Å². The molecule has 4 aromatic rings. The maximum absolute atomic E-state index is 14.3. The largest absolute Gasteiger partial charge is 0.465 e. The minimum Gasteiger partial charge on any atom is -0.465 e. The second-order valence-corrected chi connectivity index (χ2v) is 9.77. The number of amides is 1. The topological polar surface area (TPSA) is 86.2 Å². The first-order valence-corrected chi connectivity index (χ1v) is 12.2. The van der Waals surface area contributed by atoms with Gasteiger partial charge < -0.3 is 24.9 Å². The third-order valence-corrected chi connectivity index (χ3v) is 7.42. The predicted molar refractivity (Wildman–Crippen MR) is 130 cm³/mol. The Bertz CT molecular complexity index is 1460. The lowest BCUT2D eigenvalue weighted by molar-refractivity contribution is 0.138. The molecular weight excluding hydrogens is 471 g/mol. The normalized spacial score (nSPS) is 22.3. The summed E-state index contributed by atoms with van der Waals surface area (Å²) in [5.41, 5.74) is 3.16. The van der Waals surface area contributed by atoms with E-state index in [0.717, 1.165) is 40.8 Å². The van der Waals surface area contributed by atoms with Crippen molar-refractivity contribution in [3.8, 4) is 11.5 Å². The molecule has 188 valence electrons. The first-order chi connectivity index (χ1) is 17.4. The smallest absolute Gasteiger partial charge is 0.407 e. The molecule has 0 aliphatic carbocycles. The van der Waals surface area contributed by atoms with Crippen LogP contribution < -0.4 is 5.32 Å². The molecule has 2 aliphatic rings. The molecule has 2 aliphatic heterocycles. The molecule has 4 heterocycles. The van der Waals surface area contributed by atoms with Crippen LogP contribution in [0.1, 0.15) is 24.8 Å². The number of aromatic nitrogens is 3. The summed E-state index contributed by atoms with van der Waals surface area (Å²) in [6.07, 6.45) is -0.00517. The highest BCUT2D eigenvalue weighted by atomic mass is 19.1. The zero-order valence-electron chi connectivity index (χ0n) is 19.5. The number of hydrogen-bond donors (Lipinski definition) is 3. The Labute approximate surface area is 204 Å².